The van der Waals surface area contributed by atoms with Crippen molar-refractivity contribution in [2.24, 2.45) is 5.73 Å². The first-order chi connectivity index (χ1) is 7.33. The largest absolute Gasteiger partial charge is 0.455 e. The average Bonchev–Trinajstić information content (AvgIpc) is 2.44. The monoisotopic (exact) mass is 242 g/mol. The van der Waals surface area contributed by atoms with E-state index in [9.17, 15) is 4.79 Å². The molecule has 0 aromatic carbocycles. The predicted octanol–water partition coefficient (Wildman–Crippen LogP) is 1.91. The van der Waals surface area contributed by atoms with Crippen LogP contribution >= 0.6 is 11.3 Å². The van der Waals surface area contributed by atoms with E-state index in [1.807, 2.05) is 27.7 Å². The maximum Gasteiger partial charge on any atom is 0.358 e. The van der Waals surface area contributed by atoms with Gasteiger partial charge in [-0.1, -0.05) is 0 Å². The van der Waals surface area contributed by atoms with E-state index in [4.69, 9.17) is 10.5 Å². The minimum Gasteiger partial charge on any atom is -0.455 e. The fourth-order valence-corrected chi connectivity index (χ4v) is 2.13. The normalized spacial score (nSPS) is 11.6. The molecule has 4 nitrogen and oxygen atoms in total. The van der Waals surface area contributed by atoms with Gasteiger partial charge < -0.3 is 10.5 Å². The van der Waals surface area contributed by atoms with Crippen molar-refractivity contribution in [1.82, 2.24) is 4.98 Å². The number of carbonyl (C=O) groups is 1. The molecule has 1 rings (SSSR count). The molecule has 0 aliphatic rings. The molecule has 0 saturated carbocycles. The van der Waals surface area contributed by atoms with Crippen LogP contribution in [0.3, 0.4) is 0 Å². The minimum atomic E-state index is -0.485. The van der Waals surface area contributed by atoms with Gasteiger partial charge in [-0.2, -0.15) is 0 Å². The van der Waals surface area contributed by atoms with Crippen LogP contribution in [0.25, 0.3) is 0 Å². The number of ether oxygens (including phenoxy) is 1. The Morgan fingerprint density at radius 3 is 2.62 bits per heavy atom. The third-order valence-corrected chi connectivity index (χ3v) is 2.82. The summed E-state index contributed by atoms with van der Waals surface area (Å²) < 4.78 is 5.27. The quantitative estimate of drug-likeness (QED) is 0.822. The van der Waals surface area contributed by atoms with Crippen LogP contribution in [0.4, 0.5) is 0 Å². The topological polar surface area (TPSA) is 65.2 Å². The molecule has 5 heteroatoms. The van der Waals surface area contributed by atoms with Gasteiger partial charge in [0.2, 0.25) is 0 Å². The van der Waals surface area contributed by atoms with Crippen LogP contribution in [0.15, 0.2) is 0 Å². The molecule has 1 aromatic rings. The minimum absolute atomic E-state index is 0.357. The van der Waals surface area contributed by atoms with Crippen molar-refractivity contribution < 1.29 is 9.53 Å². The first kappa shape index (κ1) is 13.1. The van der Waals surface area contributed by atoms with Crippen LogP contribution in [-0.4, -0.2) is 23.1 Å². The number of aryl methyl sites for hydroxylation is 1. The molecule has 0 radical (unpaired) electrons. The lowest BCUT2D eigenvalue weighted by molar-refractivity contribution is 0.00628. The van der Waals surface area contributed by atoms with E-state index in [-0.39, 0.29) is 5.97 Å². The number of carbonyl (C=O) groups excluding carboxylic acids is 1. The Kier molecular flexibility index (Phi) is 4.04. The maximum atomic E-state index is 11.8. The number of thiazole rings is 1. The summed E-state index contributed by atoms with van der Waals surface area (Å²) in [5.74, 6) is -0.357. The van der Waals surface area contributed by atoms with E-state index < -0.39 is 5.60 Å². The van der Waals surface area contributed by atoms with Crippen molar-refractivity contribution in [1.29, 1.82) is 0 Å². The fourth-order valence-electron chi connectivity index (χ4n) is 1.20. The fraction of sp³-hybridized carbons (Fsp3) is 0.636. The second-order valence-corrected chi connectivity index (χ2v) is 5.84. The molecule has 0 spiro atoms. The van der Waals surface area contributed by atoms with E-state index in [0.717, 1.165) is 9.88 Å². The van der Waals surface area contributed by atoms with Gasteiger partial charge in [-0.05, 0) is 34.2 Å². The second kappa shape index (κ2) is 4.93. The van der Waals surface area contributed by atoms with Crippen molar-refractivity contribution in [2.75, 3.05) is 6.54 Å². The standard InChI is InChI=1S/C11H18N2O2S/c1-7-9(10(14)15-11(2,3)4)13-8(16-7)5-6-12/h5-6,12H2,1-4H3. The SMILES string of the molecule is Cc1sc(CCN)nc1C(=O)OC(C)(C)C. The number of nitrogens with two attached hydrogens (primary N) is 1. The Labute approximate surface area is 99.8 Å². The zero-order valence-corrected chi connectivity index (χ0v) is 11.0. The first-order valence-electron chi connectivity index (χ1n) is 5.23. The van der Waals surface area contributed by atoms with Crippen LogP contribution in [0.2, 0.25) is 0 Å². The molecule has 0 unspecified atom stereocenters. The molecule has 0 fully saturated rings. The summed E-state index contributed by atoms with van der Waals surface area (Å²) >= 11 is 1.50. The summed E-state index contributed by atoms with van der Waals surface area (Å²) in [4.78, 5) is 16.9. The van der Waals surface area contributed by atoms with Crippen LogP contribution < -0.4 is 5.73 Å². The van der Waals surface area contributed by atoms with Crippen LogP contribution in [0.5, 0.6) is 0 Å². The lowest BCUT2D eigenvalue weighted by Crippen LogP contribution is -2.24. The van der Waals surface area contributed by atoms with E-state index in [2.05, 4.69) is 4.98 Å². The van der Waals surface area contributed by atoms with E-state index in [0.29, 0.717) is 18.7 Å². The van der Waals surface area contributed by atoms with Gasteiger partial charge in [0.1, 0.15) is 5.60 Å². The molecule has 0 saturated heterocycles. The van der Waals surface area contributed by atoms with Gasteiger partial charge in [-0.15, -0.1) is 11.3 Å². The van der Waals surface area contributed by atoms with Crippen molar-refractivity contribution in [3.63, 3.8) is 0 Å². The van der Waals surface area contributed by atoms with E-state index in [1.165, 1.54) is 11.3 Å². The number of hydrogen-bond acceptors (Lipinski definition) is 5. The molecular formula is C11H18N2O2S. The van der Waals surface area contributed by atoms with E-state index >= 15 is 0 Å². The Balaban J connectivity index is 2.83. The molecule has 0 amide bonds. The molecule has 0 aliphatic heterocycles. The molecule has 1 heterocycles. The molecular weight excluding hydrogens is 224 g/mol. The van der Waals surface area contributed by atoms with Gasteiger partial charge in [-0.3, -0.25) is 0 Å². The summed E-state index contributed by atoms with van der Waals surface area (Å²) in [6, 6.07) is 0. The summed E-state index contributed by atoms with van der Waals surface area (Å²) in [5, 5.41) is 0.890. The highest BCUT2D eigenvalue weighted by molar-refractivity contribution is 7.11. The number of rotatable bonds is 3. The highest BCUT2D eigenvalue weighted by Crippen LogP contribution is 2.20. The zero-order valence-electron chi connectivity index (χ0n) is 10.2. The van der Waals surface area contributed by atoms with Gasteiger partial charge in [0, 0.05) is 11.3 Å². The van der Waals surface area contributed by atoms with Gasteiger partial charge in [0.05, 0.1) is 5.01 Å². The van der Waals surface area contributed by atoms with Gasteiger partial charge in [-0.25, -0.2) is 9.78 Å². The maximum absolute atomic E-state index is 11.8. The Hall–Kier alpha value is -0.940. The smallest absolute Gasteiger partial charge is 0.358 e. The number of hydrogen-bond donors (Lipinski definition) is 1. The molecule has 0 aliphatic carbocycles. The highest BCUT2D eigenvalue weighted by atomic mass is 32.1. The summed E-state index contributed by atoms with van der Waals surface area (Å²) in [6.45, 7) is 7.94. The molecule has 16 heavy (non-hydrogen) atoms. The molecule has 0 bridgehead atoms. The average molecular weight is 242 g/mol. The summed E-state index contributed by atoms with van der Waals surface area (Å²) in [5.41, 5.74) is 5.38. The Morgan fingerprint density at radius 2 is 2.12 bits per heavy atom. The number of aromatic nitrogens is 1. The van der Waals surface area contributed by atoms with Crippen molar-refractivity contribution in [3.8, 4) is 0 Å². The predicted molar refractivity (Wildman–Crippen MR) is 64.8 cm³/mol. The number of esters is 1. The first-order valence-corrected chi connectivity index (χ1v) is 6.05. The third-order valence-electron chi connectivity index (χ3n) is 1.79. The molecule has 1 aromatic heterocycles. The molecule has 0 atom stereocenters. The number of nitrogens with zero attached hydrogens (tertiary/aromatic N) is 1. The lowest BCUT2D eigenvalue weighted by Gasteiger charge is -2.18. The van der Waals surface area contributed by atoms with Gasteiger partial charge in [0.15, 0.2) is 5.69 Å². The molecule has 90 valence electrons. The second-order valence-electron chi connectivity index (χ2n) is 4.55. The van der Waals surface area contributed by atoms with Crippen LogP contribution in [0.1, 0.15) is 41.1 Å². The van der Waals surface area contributed by atoms with Crippen LogP contribution in [0, 0.1) is 6.92 Å². The Morgan fingerprint density at radius 1 is 1.50 bits per heavy atom. The zero-order chi connectivity index (χ0) is 12.3. The van der Waals surface area contributed by atoms with Crippen LogP contribution in [-0.2, 0) is 11.2 Å². The Bertz CT molecular complexity index is 380. The lowest BCUT2D eigenvalue weighted by atomic mass is 10.2. The summed E-state index contributed by atoms with van der Waals surface area (Å²) in [7, 11) is 0. The van der Waals surface area contributed by atoms with Crippen molar-refractivity contribution in [2.45, 2.75) is 39.7 Å². The van der Waals surface area contributed by atoms with Crippen molar-refractivity contribution >= 4 is 17.3 Å². The van der Waals surface area contributed by atoms with Gasteiger partial charge >= 0.3 is 5.97 Å². The highest BCUT2D eigenvalue weighted by Gasteiger charge is 2.22. The van der Waals surface area contributed by atoms with Crippen molar-refractivity contribution in [3.05, 3.63) is 15.6 Å². The third kappa shape index (κ3) is 3.57. The molecule has 2 N–H and O–H groups in total. The van der Waals surface area contributed by atoms with Gasteiger partial charge in [0.25, 0.3) is 0 Å². The van der Waals surface area contributed by atoms with E-state index in [1.54, 1.807) is 0 Å². The summed E-state index contributed by atoms with van der Waals surface area (Å²) in [6.07, 6.45) is 0.703.